The summed E-state index contributed by atoms with van der Waals surface area (Å²) in [6.45, 7) is 10.9. The van der Waals surface area contributed by atoms with Crippen LogP contribution in [0.15, 0.2) is 23.3 Å². The second kappa shape index (κ2) is 13.8. The van der Waals surface area contributed by atoms with Crippen molar-refractivity contribution < 1.29 is 0 Å². The van der Waals surface area contributed by atoms with Crippen LogP contribution in [0.5, 0.6) is 0 Å². The Morgan fingerprint density at radius 2 is 2.00 bits per heavy atom. The molecule has 0 bridgehead atoms. The quantitative estimate of drug-likeness (QED) is 0.404. The van der Waals surface area contributed by atoms with Gasteiger partial charge < -0.3 is 10.2 Å². The van der Waals surface area contributed by atoms with E-state index in [1.807, 2.05) is 12.4 Å². The highest BCUT2D eigenvalue weighted by Crippen LogP contribution is 2.26. The van der Waals surface area contributed by atoms with E-state index in [9.17, 15) is 0 Å². The van der Waals surface area contributed by atoms with Gasteiger partial charge in [0.15, 0.2) is 0 Å². The molecular weight excluding hydrogens is 332 g/mol. The predicted octanol–water partition coefficient (Wildman–Crippen LogP) is 4.68. The Balaban J connectivity index is 1.60. The number of unbranched alkanes of at least 4 members (excludes halogenated alkanes) is 1. The maximum Gasteiger partial charge on any atom is 0.0548 e. The topological polar surface area (TPSA) is 40.5 Å². The first-order valence-corrected chi connectivity index (χ1v) is 11.2. The van der Waals surface area contributed by atoms with Gasteiger partial charge >= 0.3 is 0 Å². The molecular formula is C23H40N4. The van der Waals surface area contributed by atoms with Crippen LogP contribution < -0.4 is 5.32 Å². The number of nitrogens with zero attached hydrogens (tertiary/aromatic N) is 3. The number of rotatable bonds is 13. The SMILES string of the molecule is CCN(CC)CCCCNCc1cc(/C=N\CCC2CCCCC2)ccn1. The summed E-state index contributed by atoms with van der Waals surface area (Å²) in [5.41, 5.74) is 2.28. The molecule has 1 N–H and O–H groups in total. The molecule has 1 heterocycles. The zero-order chi connectivity index (χ0) is 19.2. The second-order valence-electron chi connectivity index (χ2n) is 7.82. The van der Waals surface area contributed by atoms with Gasteiger partial charge in [-0.2, -0.15) is 0 Å². The van der Waals surface area contributed by atoms with Gasteiger partial charge in [0.25, 0.3) is 0 Å². The van der Waals surface area contributed by atoms with Crippen LogP contribution in [-0.2, 0) is 6.54 Å². The lowest BCUT2D eigenvalue weighted by atomic mass is 9.87. The van der Waals surface area contributed by atoms with Crippen molar-refractivity contribution in [2.24, 2.45) is 10.9 Å². The fourth-order valence-corrected chi connectivity index (χ4v) is 3.92. The molecule has 0 saturated heterocycles. The molecule has 1 aromatic rings. The van der Waals surface area contributed by atoms with Crippen LogP contribution in [0, 0.1) is 5.92 Å². The van der Waals surface area contributed by atoms with Gasteiger partial charge in [0.1, 0.15) is 0 Å². The largest absolute Gasteiger partial charge is 0.311 e. The second-order valence-corrected chi connectivity index (χ2v) is 7.82. The van der Waals surface area contributed by atoms with Crippen molar-refractivity contribution >= 4 is 6.21 Å². The summed E-state index contributed by atoms with van der Waals surface area (Å²) in [5, 5.41) is 3.52. The van der Waals surface area contributed by atoms with E-state index in [1.165, 1.54) is 63.5 Å². The van der Waals surface area contributed by atoms with E-state index < -0.39 is 0 Å². The van der Waals surface area contributed by atoms with Crippen LogP contribution >= 0.6 is 0 Å². The summed E-state index contributed by atoms with van der Waals surface area (Å²) in [6, 6.07) is 4.21. The molecule has 0 spiro atoms. The van der Waals surface area contributed by atoms with Gasteiger partial charge in [-0.05, 0) is 69.1 Å². The van der Waals surface area contributed by atoms with Gasteiger partial charge in [-0.3, -0.25) is 9.98 Å². The minimum Gasteiger partial charge on any atom is -0.311 e. The molecule has 0 atom stereocenters. The number of aromatic nitrogens is 1. The highest BCUT2D eigenvalue weighted by molar-refractivity contribution is 5.79. The predicted molar refractivity (Wildman–Crippen MR) is 117 cm³/mol. The monoisotopic (exact) mass is 372 g/mol. The summed E-state index contributed by atoms with van der Waals surface area (Å²) in [6.07, 6.45) is 14.8. The third-order valence-corrected chi connectivity index (χ3v) is 5.75. The van der Waals surface area contributed by atoms with Crippen molar-refractivity contribution in [2.45, 2.75) is 71.8 Å². The van der Waals surface area contributed by atoms with E-state index in [0.717, 1.165) is 44.3 Å². The molecule has 1 aromatic heterocycles. The van der Waals surface area contributed by atoms with E-state index in [0.29, 0.717) is 0 Å². The first-order valence-electron chi connectivity index (χ1n) is 11.2. The first kappa shape index (κ1) is 22.0. The molecule has 1 aliphatic carbocycles. The Kier molecular flexibility index (Phi) is 11.3. The van der Waals surface area contributed by atoms with Crippen molar-refractivity contribution in [3.63, 3.8) is 0 Å². The maximum absolute atomic E-state index is 4.65. The first-order chi connectivity index (χ1) is 13.3. The van der Waals surface area contributed by atoms with Gasteiger partial charge in [0.2, 0.25) is 0 Å². The summed E-state index contributed by atoms with van der Waals surface area (Å²) in [4.78, 5) is 11.6. The fraction of sp³-hybridized carbons (Fsp3) is 0.739. The lowest BCUT2D eigenvalue weighted by Gasteiger charge is -2.20. The summed E-state index contributed by atoms with van der Waals surface area (Å²) >= 11 is 0. The average molecular weight is 373 g/mol. The van der Waals surface area contributed by atoms with Crippen molar-refractivity contribution in [3.8, 4) is 0 Å². The van der Waals surface area contributed by atoms with E-state index in [1.54, 1.807) is 0 Å². The van der Waals surface area contributed by atoms with E-state index >= 15 is 0 Å². The molecule has 1 aliphatic rings. The van der Waals surface area contributed by atoms with Gasteiger partial charge in [-0.25, -0.2) is 0 Å². The molecule has 0 aliphatic heterocycles. The van der Waals surface area contributed by atoms with Crippen LogP contribution in [0.4, 0.5) is 0 Å². The number of nitrogens with one attached hydrogen (secondary N) is 1. The highest BCUT2D eigenvalue weighted by atomic mass is 15.1. The zero-order valence-electron chi connectivity index (χ0n) is 17.6. The van der Waals surface area contributed by atoms with Crippen molar-refractivity contribution in [1.29, 1.82) is 0 Å². The standard InChI is InChI=1S/C23H40N4/c1-3-27(4-2)17-9-8-14-24-20-23-18-22(13-16-26-23)19-25-15-12-21-10-6-5-7-11-21/h13,16,18-19,21,24H,3-12,14-15,17,20H2,1-2H3/b25-19-. The summed E-state index contributed by atoms with van der Waals surface area (Å²) in [7, 11) is 0. The third-order valence-electron chi connectivity index (χ3n) is 5.75. The van der Waals surface area contributed by atoms with Crippen LogP contribution in [0.3, 0.4) is 0 Å². The Bertz CT molecular complexity index is 519. The Morgan fingerprint density at radius 3 is 2.78 bits per heavy atom. The Labute approximate surface area is 166 Å². The molecule has 2 rings (SSSR count). The number of hydrogen-bond acceptors (Lipinski definition) is 4. The Morgan fingerprint density at radius 1 is 1.19 bits per heavy atom. The molecule has 4 heteroatoms. The molecule has 1 fully saturated rings. The zero-order valence-corrected chi connectivity index (χ0v) is 17.6. The molecule has 0 radical (unpaired) electrons. The number of pyridine rings is 1. The third kappa shape index (κ3) is 9.48. The maximum atomic E-state index is 4.65. The molecule has 27 heavy (non-hydrogen) atoms. The molecule has 0 unspecified atom stereocenters. The van der Waals surface area contributed by atoms with Gasteiger partial charge in [-0.15, -0.1) is 0 Å². The summed E-state index contributed by atoms with van der Waals surface area (Å²) < 4.78 is 0. The van der Waals surface area contributed by atoms with Gasteiger partial charge in [-0.1, -0.05) is 46.0 Å². The minimum absolute atomic E-state index is 0.842. The van der Waals surface area contributed by atoms with Crippen LogP contribution in [0.1, 0.15) is 76.5 Å². The van der Waals surface area contributed by atoms with Gasteiger partial charge in [0.05, 0.1) is 5.69 Å². The van der Waals surface area contributed by atoms with Crippen LogP contribution in [0.2, 0.25) is 0 Å². The number of aliphatic imine (C=N–C) groups is 1. The lowest BCUT2D eigenvalue weighted by molar-refractivity contribution is 0.296. The van der Waals surface area contributed by atoms with E-state index in [-0.39, 0.29) is 0 Å². The smallest absolute Gasteiger partial charge is 0.0548 e. The van der Waals surface area contributed by atoms with Crippen molar-refractivity contribution in [1.82, 2.24) is 15.2 Å². The number of hydrogen-bond donors (Lipinski definition) is 1. The normalized spacial score (nSPS) is 15.8. The lowest BCUT2D eigenvalue weighted by Crippen LogP contribution is -2.25. The molecule has 152 valence electrons. The highest BCUT2D eigenvalue weighted by Gasteiger charge is 2.12. The molecule has 1 saturated carbocycles. The fourth-order valence-electron chi connectivity index (χ4n) is 3.92. The average Bonchev–Trinajstić information content (AvgIpc) is 2.72. The Hall–Kier alpha value is -1.26. The molecule has 0 aromatic carbocycles. The van der Waals surface area contributed by atoms with E-state index in [4.69, 9.17) is 0 Å². The van der Waals surface area contributed by atoms with Crippen molar-refractivity contribution in [2.75, 3.05) is 32.7 Å². The molecule has 0 amide bonds. The van der Waals surface area contributed by atoms with Crippen LogP contribution in [-0.4, -0.2) is 48.8 Å². The summed E-state index contributed by atoms with van der Waals surface area (Å²) in [5.74, 6) is 0.912. The minimum atomic E-state index is 0.842. The molecule has 4 nitrogen and oxygen atoms in total. The van der Waals surface area contributed by atoms with Crippen LogP contribution in [0.25, 0.3) is 0 Å². The van der Waals surface area contributed by atoms with E-state index in [2.05, 4.69) is 46.2 Å². The van der Waals surface area contributed by atoms with Gasteiger partial charge in [0, 0.05) is 25.5 Å². The van der Waals surface area contributed by atoms with Crippen molar-refractivity contribution in [3.05, 3.63) is 29.6 Å².